The molecular weight excluding hydrogens is 294 g/mol. The summed E-state index contributed by atoms with van der Waals surface area (Å²) in [7, 11) is 0. The van der Waals surface area contributed by atoms with Gasteiger partial charge >= 0.3 is 0 Å². The van der Waals surface area contributed by atoms with Gasteiger partial charge in [0.15, 0.2) is 0 Å². The van der Waals surface area contributed by atoms with Crippen LogP contribution in [-0.2, 0) is 6.42 Å². The van der Waals surface area contributed by atoms with Crippen molar-refractivity contribution in [2.75, 3.05) is 11.9 Å². The average molecular weight is 318 g/mol. The van der Waals surface area contributed by atoms with Crippen molar-refractivity contribution in [2.45, 2.75) is 39.2 Å². The van der Waals surface area contributed by atoms with Gasteiger partial charge in [-0.3, -0.25) is 0 Å². The number of nitrogens with one attached hydrogen (secondary N) is 1. The minimum absolute atomic E-state index is 0.259. The zero-order valence-corrected chi connectivity index (χ0v) is 14.1. The van der Waals surface area contributed by atoms with Crippen LogP contribution in [0.15, 0.2) is 48.5 Å². The molecule has 0 saturated heterocycles. The molecule has 2 rings (SSSR count). The maximum Gasteiger partial charge on any atom is 0.119 e. The smallest absolute Gasteiger partial charge is 0.119 e. The second-order valence-electron chi connectivity index (χ2n) is 5.48. The van der Waals surface area contributed by atoms with Gasteiger partial charge in [0.1, 0.15) is 5.75 Å². The number of hydrogen-bond acceptors (Lipinski definition) is 2. The summed E-state index contributed by atoms with van der Waals surface area (Å²) in [6.07, 6.45) is 3.31. The summed E-state index contributed by atoms with van der Waals surface area (Å²) >= 11 is 6.16. The van der Waals surface area contributed by atoms with Gasteiger partial charge < -0.3 is 10.1 Å². The molecule has 2 aromatic carbocycles. The van der Waals surface area contributed by atoms with Gasteiger partial charge in [0.2, 0.25) is 0 Å². The third-order valence-electron chi connectivity index (χ3n) is 3.68. The molecule has 1 unspecified atom stereocenters. The first-order chi connectivity index (χ1) is 10.7. The summed E-state index contributed by atoms with van der Waals surface area (Å²) in [5.41, 5.74) is 2.33. The summed E-state index contributed by atoms with van der Waals surface area (Å²) in [5, 5.41) is 4.29. The van der Waals surface area contributed by atoms with E-state index in [1.165, 1.54) is 5.56 Å². The molecular formula is C19H24ClNO. The number of halogens is 1. The van der Waals surface area contributed by atoms with Crippen molar-refractivity contribution < 1.29 is 4.74 Å². The lowest BCUT2D eigenvalue weighted by Gasteiger charge is -2.13. The van der Waals surface area contributed by atoms with Crippen LogP contribution in [0.4, 0.5) is 5.69 Å². The maximum absolute atomic E-state index is 6.16. The second kappa shape index (κ2) is 8.70. The van der Waals surface area contributed by atoms with Crippen LogP contribution in [0.3, 0.4) is 0 Å². The first kappa shape index (κ1) is 16.7. The fraction of sp³-hybridized carbons (Fsp3) is 0.368. The lowest BCUT2D eigenvalue weighted by Crippen LogP contribution is -2.09. The van der Waals surface area contributed by atoms with E-state index in [1.807, 2.05) is 30.3 Å². The molecule has 1 atom stereocenters. The SMILES string of the molecule is CCC(C)Oc1ccc(NCCCc2ccccc2Cl)cc1. The van der Waals surface area contributed by atoms with E-state index in [2.05, 4.69) is 37.4 Å². The van der Waals surface area contributed by atoms with E-state index in [1.54, 1.807) is 0 Å². The van der Waals surface area contributed by atoms with Crippen LogP contribution >= 0.6 is 11.6 Å². The topological polar surface area (TPSA) is 21.3 Å². The molecule has 0 aromatic heterocycles. The number of rotatable bonds is 8. The summed E-state index contributed by atoms with van der Waals surface area (Å²) < 4.78 is 5.77. The number of hydrogen-bond donors (Lipinski definition) is 1. The second-order valence-corrected chi connectivity index (χ2v) is 5.89. The molecule has 0 aliphatic carbocycles. The highest BCUT2D eigenvalue weighted by Gasteiger charge is 2.01. The molecule has 3 heteroatoms. The number of anilines is 1. The van der Waals surface area contributed by atoms with Crippen molar-refractivity contribution >= 4 is 17.3 Å². The normalized spacial score (nSPS) is 12.0. The number of ether oxygens (including phenoxy) is 1. The number of benzene rings is 2. The Balaban J connectivity index is 1.74. The van der Waals surface area contributed by atoms with Crippen LogP contribution in [0.1, 0.15) is 32.3 Å². The third-order valence-corrected chi connectivity index (χ3v) is 4.05. The third kappa shape index (κ3) is 5.27. The summed E-state index contributed by atoms with van der Waals surface area (Å²) in [6, 6.07) is 16.2. The zero-order chi connectivity index (χ0) is 15.8. The van der Waals surface area contributed by atoms with E-state index in [0.717, 1.165) is 42.3 Å². The maximum atomic E-state index is 6.16. The Morgan fingerprint density at radius 1 is 1.09 bits per heavy atom. The van der Waals surface area contributed by atoms with Crippen molar-refractivity contribution in [2.24, 2.45) is 0 Å². The molecule has 2 nitrogen and oxygen atoms in total. The lowest BCUT2D eigenvalue weighted by atomic mass is 10.1. The van der Waals surface area contributed by atoms with E-state index in [4.69, 9.17) is 16.3 Å². The zero-order valence-electron chi connectivity index (χ0n) is 13.3. The van der Waals surface area contributed by atoms with Crippen molar-refractivity contribution in [3.8, 4) is 5.75 Å². The molecule has 2 aromatic rings. The highest BCUT2D eigenvalue weighted by molar-refractivity contribution is 6.31. The largest absolute Gasteiger partial charge is 0.491 e. The molecule has 0 amide bonds. The van der Waals surface area contributed by atoms with E-state index < -0.39 is 0 Å². The molecule has 0 saturated carbocycles. The Bertz CT molecular complexity index is 568. The van der Waals surface area contributed by atoms with Crippen molar-refractivity contribution in [1.29, 1.82) is 0 Å². The summed E-state index contributed by atoms with van der Waals surface area (Å²) in [4.78, 5) is 0. The van der Waals surface area contributed by atoms with Gasteiger partial charge in [-0.25, -0.2) is 0 Å². The van der Waals surface area contributed by atoms with E-state index in [9.17, 15) is 0 Å². The Hall–Kier alpha value is -1.67. The van der Waals surface area contributed by atoms with Gasteiger partial charge in [-0.15, -0.1) is 0 Å². The molecule has 0 aliphatic rings. The highest BCUT2D eigenvalue weighted by Crippen LogP contribution is 2.19. The monoisotopic (exact) mass is 317 g/mol. The molecule has 0 heterocycles. The van der Waals surface area contributed by atoms with E-state index in [0.29, 0.717) is 0 Å². The fourth-order valence-electron chi connectivity index (χ4n) is 2.18. The van der Waals surface area contributed by atoms with Crippen LogP contribution in [0.25, 0.3) is 0 Å². The molecule has 118 valence electrons. The first-order valence-electron chi connectivity index (χ1n) is 7.93. The Morgan fingerprint density at radius 3 is 2.50 bits per heavy atom. The average Bonchev–Trinajstić information content (AvgIpc) is 2.54. The predicted octanol–water partition coefficient (Wildman–Crippen LogP) is 5.56. The van der Waals surface area contributed by atoms with Gasteiger partial charge in [-0.1, -0.05) is 36.7 Å². The number of aryl methyl sites for hydroxylation is 1. The lowest BCUT2D eigenvalue weighted by molar-refractivity contribution is 0.217. The van der Waals surface area contributed by atoms with Gasteiger partial charge in [-0.2, -0.15) is 0 Å². The van der Waals surface area contributed by atoms with Crippen LogP contribution in [0.2, 0.25) is 5.02 Å². The van der Waals surface area contributed by atoms with Gasteiger partial charge in [0.25, 0.3) is 0 Å². The van der Waals surface area contributed by atoms with Crippen LogP contribution < -0.4 is 10.1 Å². The quantitative estimate of drug-likeness (QED) is 0.643. The highest BCUT2D eigenvalue weighted by atomic mass is 35.5. The Morgan fingerprint density at radius 2 is 1.82 bits per heavy atom. The Labute approximate surface area is 138 Å². The molecule has 0 radical (unpaired) electrons. The standard InChI is InChI=1S/C19H24ClNO/c1-3-15(2)22-18-12-10-17(11-13-18)21-14-6-8-16-7-4-5-9-19(16)20/h4-5,7,9-13,15,21H,3,6,8,14H2,1-2H3. The van der Waals surface area contributed by atoms with Crippen molar-refractivity contribution in [3.63, 3.8) is 0 Å². The van der Waals surface area contributed by atoms with E-state index in [-0.39, 0.29) is 6.10 Å². The van der Waals surface area contributed by atoms with Gasteiger partial charge in [-0.05, 0) is 62.1 Å². The molecule has 0 spiro atoms. The van der Waals surface area contributed by atoms with Crippen LogP contribution in [0, 0.1) is 0 Å². The van der Waals surface area contributed by atoms with Gasteiger partial charge in [0, 0.05) is 17.3 Å². The summed E-state index contributed by atoms with van der Waals surface area (Å²) in [5.74, 6) is 0.927. The molecule has 22 heavy (non-hydrogen) atoms. The van der Waals surface area contributed by atoms with E-state index >= 15 is 0 Å². The Kier molecular flexibility index (Phi) is 6.60. The predicted molar refractivity (Wildman–Crippen MR) is 95.1 cm³/mol. The van der Waals surface area contributed by atoms with Crippen molar-refractivity contribution in [3.05, 3.63) is 59.1 Å². The summed E-state index contributed by atoms with van der Waals surface area (Å²) in [6.45, 7) is 5.14. The molecule has 1 N–H and O–H groups in total. The molecule has 0 aliphatic heterocycles. The minimum atomic E-state index is 0.259. The first-order valence-corrected chi connectivity index (χ1v) is 8.31. The van der Waals surface area contributed by atoms with Crippen LogP contribution in [0.5, 0.6) is 5.75 Å². The van der Waals surface area contributed by atoms with Crippen LogP contribution in [-0.4, -0.2) is 12.6 Å². The fourth-order valence-corrected chi connectivity index (χ4v) is 2.41. The van der Waals surface area contributed by atoms with Crippen molar-refractivity contribution in [1.82, 2.24) is 0 Å². The molecule has 0 fully saturated rings. The van der Waals surface area contributed by atoms with Gasteiger partial charge in [0.05, 0.1) is 6.10 Å². The minimum Gasteiger partial charge on any atom is -0.491 e. The molecule has 0 bridgehead atoms.